The van der Waals surface area contributed by atoms with Gasteiger partial charge in [-0.25, -0.2) is 0 Å². The molecule has 5 heteroatoms. The highest BCUT2D eigenvalue weighted by atomic mass is 35.5. The van der Waals surface area contributed by atoms with Crippen LogP contribution in [0.1, 0.15) is 16.7 Å². The molecule has 106 valence electrons. The third-order valence-electron chi connectivity index (χ3n) is 2.98. The zero-order valence-electron chi connectivity index (χ0n) is 10.8. The van der Waals surface area contributed by atoms with E-state index >= 15 is 0 Å². The van der Waals surface area contributed by atoms with Gasteiger partial charge in [0.2, 0.25) is 0 Å². The van der Waals surface area contributed by atoms with Crippen LogP contribution in [0.15, 0.2) is 42.5 Å². The topological polar surface area (TPSA) is 12.0 Å². The average molecular weight is 300 g/mol. The van der Waals surface area contributed by atoms with Crippen molar-refractivity contribution in [2.45, 2.75) is 19.6 Å². The quantitative estimate of drug-likeness (QED) is 0.813. The standard InChI is InChI=1S/C15H13ClF3N/c1-10-6-7-12(8-14(10)16)20-9-11-4-2-3-5-13(11)15(17,18)19/h2-8,20H,9H2,1H3. The molecule has 0 aliphatic heterocycles. The molecule has 0 bridgehead atoms. The first-order chi connectivity index (χ1) is 9.38. The Morgan fingerprint density at radius 2 is 1.80 bits per heavy atom. The highest BCUT2D eigenvalue weighted by Gasteiger charge is 2.32. The van der Waals surface area contributed by atoms with E-state index in [2.05, 4.69) is 5.32 Å². The molecule has 0 aliphatic rings. The number of hydrogen-bond acceptors (Lipinski definition) is 1. The van der Waals surface area contributed by atoms with Gasteiger partial charge in [0.05, 0.1) is 5.56 Å². The summed E-state index contributed by atoms with van der Waals surface area (Å²) >= 11 is 5.98. The van der Waals surface area contributed by atoms with Crippen molar-refractivity contribution >= 4 is 17.3 Å². The minimum Gasteiger partial charge on any atom is -0.381 e. The smallest absolute Gasteiger partial charge is 0.381 e. The van der Waals surface area contributed by atoms with Crippen LogP contribution in [0.2, 0.25) is 5.02 Å². The van der Waals surface area contributed by atoms with Gasteiger partial charge < -0.3 is 5.32 Å². The Bertz CT molecular complexity index is 608. The van der Waals surface area contributed by atoms with Crippen LogP contribution in [0.4, 0.5) is 18.9 Å². The molecule has 0 radical (unpaired) electrons. The molecule has 2 aromatic rings. The summed E-state index contributed by atoms with van der Waals surface area (Å²) < 4.78 is 38.5. The van der Waals surface area contributed by atoms with Gasteiger partial charge in [-0.1, -0.05) is 35.9 Å². The van der Waals surface area contributed by atoms with E-state index in [1.165, 1.54) is 12.1 Å². The Morgan fingerprint density at radius 3 is 2.45 bits per heavy atom. The van der Waals surface area contributed by atoms with Gasteiger partial charge in [-0.05, 0) is 36.2 Å². The zero-order chi connectivity index (χ0) is 14.8. The summed E-state index contributed by atoms with van der Waals surface area (Å²) in [6.45, 7) is 1.96. The fraction of sp³-hybridized carbons (Fsp3) is 0.200. The summed E-state index contributed by atoms with van der Waals surface area (Å²) in [5, 5.41) is 3.54. The van der Waals surface area contributed by atoms with Crippen LogP contribution in [0.3, 0.4) is 0 Å². The monoisotopic (exact) mass is 299 g/mol. The van der Waals surface area contributed by atoms with E-state index in [-0.39, 0.29) is 12.1 Å². The summed E-state index contributed by atoms with van der Waals surface area (Å²) in [5.74, 6) is 0. The van der Waals surface area contributed by atoms with E-state index < -0.39 is 11.7 Å². The lowest BCUT2D eigenvalue weighted by Crippen LogP contribution is -2.11. The molecular weight excluding hydrogens is 287 g/mol. The maximum absolute atomic E-state index is 12.8. The van der Waals surface area contributed by atoms with Crippen LogP contribution in [0.5, 0.6) is 0 Å². The number of benzene rings is 2. The number of nitrogens with one attached hydrogen (secondary N) is 1. The van der Waals surface area contributed by atoms with Crippen molar-refractivity contribution in [2.75, 3.05) is 5.32 Å². The van der Waals surface area contributed by atoms with Gasteiger partial charge in [0.1, 0.15) is 0 Å². The van der Waals surface area contributed by atoms with Gasteiger partial charge in [0.15, 0.2) is 0 Å². The summed E-state index contributed by atoms with van der Waals surface area (Å²) in [5.41, 5.74) is 1.20. The SMILES string of the molecule is Cc1ccc(NCc2ccccc2C(F)(F)F)cc1Cl. The van der Waals surface area contributed by atoms with Gasteiger partial charge in [-0.2, -0.15) is 13.2 Å². The van der Waals surface area contributed by atoms with Crippen molar-refractivity contribution in [3.63, 3.8) is 0 Å². The molecule has 0 unspecified atom stereocenters. The maximum atomic E-state index is 12.8. The molecule has 0 aromatic heterocycles. The lowest BCUT2D eigenvalue weighted by molar-refractivity contribution is -0.138. The predicted molar refractivity (Wildman–Crippen MR) is 75.0 cm³/mol. The van der Waals surface area contributed by atoms with Crippen molar-refractivity contribution < 1.29 is 13.2 Å². The Hall–Kier alpha value is -1.68. The normalized spacial score (nSPS) is 11.4. The van der Waals surface area contributed by atoms with Crippen molar-refractivity contribution in [1.29, 1.82) is 0 Å². The summed E-state index contributed by atoms with van der Waals surface area (Å²) in [7, 11) is 0. The van der Waals surface area contributed by atoms with E-state index in [4.69, 9.17) is 11.6 Å². The number of aryl methyl sites for hydroxylation is 1. The Morgan fingerprint density at radius 1 is 1.10 bits per heavy atom. The van der Waals surface area contributed by atoms with Gasteiger partial charge in [-0.3, -0.25) is 0 Å². The Labute approximate surface area is 120 Å². The molecule has 0 fully saturated rings. The number of hydrogen-bond donors (Lipinski definition) is 1. The number of rotatable bonds is 3. The summed E-state index contributed by atoms with van der Waals surface area (Å²) in [6.07, 6.45) is -4.34. The molecule has 0 heterocycles. The summed E-state index contributed by atoms with van der Waals surface area (Å²) in [6, 6.07) is 10.8. The second-order valence-electron chi connectivity index (χ2n) is 4.47. The molecule has 0 saturated heterocycles. The molecule has 0 atom stereocenters. The van der Waals surface area contributed by atoms with Crippen LogP contribution in [0.25, 0.3) is 0 Å². The largest absolute Gasteiger partial charge is 0.416 e. The van der Waals surface area contributed by atoms with Crippen LogP contribution in [0, 0.1) is 6.92 Å². The van der Waals surface area contributed by atoms with Crippen LogP contribution in [-0.4, -0.2) is 0 Å². The lowest BCUT2D eigenvalue weighted by atomic mass is 10.1. The molecule has 0 spiro atoms. The second kappa shape index (κ2) is 5.75. The summed E-state index contributed by atoms with van der Waals surface area (Å²) in [4.78, 5) is 0. The fourth-order valence-electron chi connectivity index (χ4n) is 1.85. The van der Waals surface area contributed by atoms with Crippen LogP contribution in [-0.2, 0) is 12.7 Å². The molecule has 0 aliphatic carbocycles. The van der Waals surface area contributed by atoms with Gasteiger partial charge >= 0.3 is 6.18 Å². The number of halogens is 4. The highest BCUT2D eigenvalue weighted by molar-refractivity contribution is 6.31. The third kappa shape index (κ3) is 3.45. The molecule has 2 rings (SSSR count). The van der Waals surface area contributed by atoms with Crippen LogP contribution >= 0.6 is 11.6 Å². The van der Waals surface area contributed by atoms with E-state index in [0.29, 0.717) is 10.7 Å². The van der Waals surface area contributed by atoms with Gasteiger partial charge in [0, 0.05) is 17.3 Å². The first-order valence-corrected chi connectivity index (χ1v) is 6.41. The molecule has 20 heavy (non-hydrogen) atoms. The maximum Gasteiger partial charge on any atom is 0.416 e. The Balaban J connectivity index is 2.17. The van der Waals surface area contributed by atoms with Crippen molar-refractivity contribution in [3.8, 4) is 0 Å². The number of anilines is 1. The van der Waals surface area contributed by atoms with E-state index in [0.717, 1.165) is 11.6 Å². The third-order valence-corrected chi connectivity index (χ3v) is 3.38. The van der Waals surface area contributed by atoms with Crippen molar-refractivity contribution in [3.05, 3.63) is 64.2 Å². The average Bonchev–Trinajstić information content (AvgIpc) is 2.39. The predicted octanol–water partition coefficient (Wildman–Crippen LogP) is 5.28. The van der Waals surface area contributed by atoms with Crippen molar-refractivity contribution in [2.24, 2.45) is 0 Å². The molecule has 1 N–H and O–H groups in total. The second-order valence-corrected chi connectivity index (χ2v) is 4.88. The molecule has 1 nitrogen and oxygen atoms in total. The Kier molecular flexibility index (Phi) is 4.23. The molecule has 0 amide bonds. The highest BCUT2D eigenvalue weighted by Crippen LogP contribution is 2.32. The number of alkyl halides is 3. The zero-order valence-corrected chi connectivity index (χ0v) is 11.5. The lowest BCUT2D eigenvalue weighted by Gasteiger charge is -2.14. The molecular formula is C15H13ClF3N. The van der Waals surface area contributed by atoms with E-state index in [9.17, 15) is 13.2 Å². The molecule has 2 aromatic carbocycles. The first-order valence-electron chi connectivity index (χ1n) is 6.03. The van der Waals surface area contributed by atoms with E-state index in [1.807, 2.05) is 13.0 Å². The minimum atomic E-state index is -4.34. The van der Waals surface area contributed by atoms with E-state index in [1.54, 1.807) is 18.2 Å². The van der Waals surface area contributed by atoms with Crippen LogP contribution < -0.4 is 5.32 Å². The first kappa shape index (κ1) is 14.7. The van der Waals surface area contributed by atoms with Gasteiger partial charge in [0.25, 0.3) is 0 Å². The fourth-order valence-corrected chi connectivity index (χ4v) is 2.03. The minimum absolute atomic E-state index is 0.0923. The molecule has 0 saturated carbocycles. The van der Waals surface area contributed by atoms with Gasteiger partial charge in [-0.15, -0.1) is 0 Å². The van der Waals surface area contributed by atoms with Crippen molar-refractivity contribution in [1.82, 2.24) is 0 Å².